The van der Waals surface area contributed by atoms with Gasteiger partial charge in [0.1, 0.15) is 23.9 Å². The second kappa shape index (κ2) is 20.7. The van der Waals surface area contributed by atoms with Crippen molar-refractivity contribution in [1.82, 2.24) is 40.0 Å². The number of aryl methyl sites for hydroxylation is 1. The number of hydrogen-bond acceptors (Lipinski definition) is 11. The molecule has 0 radical (unpaired) electrons. The molecule has 4 aliphatic rings. The molecule has 4 aromatic rings. The van der Waals surface area contributed by atoms with Crippen LogP contribution in [0.4, 0.5) is 0 Å². The Bertz CT molecular complexity index is 2680. The van der Waals surface area contributed by atoms with E-state index in [0.29, 0.717) is 44.3 Å². The van der Waals surface area contributed by atoms with Crippen molar-refractivity contribution in [3.8, 4) is 28.1 Å². The molecule has 0 spiro atoms. The molecule has 16 nitrogen and oxygen atoms in total. The summed E-state index contributed by atoms with van der Waals surface area (Å²) in [6.07, 6.45) is 5.18. The first kappa shape index (κ1) is 51.5. The fraction of sp³-hybridized carbons (Fsp3) is 0.564. The number of cyclic esters (lactones) is 1. The smallest absolute Gasteiger partial charge is 0.324 e. The summed E-state index contributed by atoms with van der Waals surface area (Å²) < 4.78 is 14.3. The van der Waals surface area contributed by atoms with Gasteiger partial charge in [-0.15, -0.1) is 0 Å². The number of pyridine rings is 1. The summed E-state index contributed by atoms with van der Waals surface area (Å²) in [6, 6.07) is 12.6. The van der Waals surface area contributed by atoms with E-state index in [4.69, 9.17) is 14.5 Å². The summed E-state index contributed by atoms with van der Waals surface area (Å²) >= 11 is 0. The van der Waals surface area contributed by atoms with Crippen LogP contribution in [0.5, 0.6) is 5.75 Å². The van der Waals surface area contributed by atoms with E-state index >= 15 is 0 Å². The minimum atomic E-state index is -1.16. The maximum Gasteiger partial charge on any atom is 0.324 e. The van der Waals surface area contributed by atoms with Gasteiger partial charge in [-0.3, -0.25) is 38.9 Å². The first-order valence-corrected chi connectivity index (χ1v) is 25.5. The predicted octanol–water partition coefficient (Wildman–Crippen LogP) is 6.27. The third-order valence-electron chi connectivity index (χ3n) is 15.6. The van der Waals surface area contributed by atoms with Crippen molar-refractivity contribution in [3.05, 3.63) is 71.5 Å². The van der Waals surface area contributed by atoms with Crippen molar-refractivity contribution in [1.29, 1.82) is 0 Å². The highest BCUT2D eigenvalue weighted by Gasteiger charge is 2.47. The lowest BCUT2D eigenvalue weighted by Gasteiger charge is -2.37. The number of phenols is 1. The number of esters is 1. The maximum atomic E-state index is 14.8. The van der Waals surface area contributed by atoms with E-state index in [1.807, 2.05) is 52.9 Å². The molecule has 3 fully saturated rings. The summed E-state index contributed by atoms with van der Waals surface area (Å²) in [7, 11) is 5.26. The van der Waals surface area contributed by atoms with Crippen LogP contribution in [0.15, 0.2) is 54.7 Å². The third kappa shape index (κ3) is 10.3. The number of likely N-dealkylation sites (N-methyl/N-ethyl adjacent to an activating group) is 2. The van der Waals surface area contributed by atoms with Crippen molar-refractivity contribution in [3.63, 3.8) is 0 Å². The lowest BCUT2D eigenvalue weighted by molar-refractivity contribution is -0.155. The van der Waals surface area contributed by atoms with Crippen LogP contribution in [0.2, 0.25) is 0 Å². The van der Waals surface area contributed by atoms with E-state index in [0.717, 1.165) is 63.9 Å². The number of methoxy groups -OCH3 is 1. The molecule has 2 aromatic carbocycles. The summed E-state index contributed by atoms with van der Waals surface area (Å²) in [5.74, 6) is -2.49. The minimum Gasteiger partial charge on any atom is -0.508 e. The fourth-order valence-corrected chi connectivity index (χ4v) is 11.5. The van der Waals surface area contributed by atoms with Crippen LogP contribution >= 0.6 is 0 Å². The van der Waals surface area contributed by atoms with E-state index in [1.165, 1.54) is 9.91 Å². The van der Waals surface area contributed by atoms with E-state index in [9.17, 15) is 29.1 Å². The number of aromatic nitrogens is 2. The van der Waals surface area contributed by atoms with Gasteiger partial charge in [0.2, 0.25) is 17.7 Å². The number of nitrogens with one attached hydrogen (secondary N) is 2. The number of hydrazine groups is 1. The predicted molar refractivity (Wildman–Crippen MR) is 272 cm³/mol. The van der Waals surface area contributed by atoms with Gasteiger partial charge in [-0.05, 0) is 137 Å². The second-order valence-corrected chi connectivity index (χ2v) is 21.7. The highest BCUT2D eigenvalue weighted by molar-refractivity contribution is 5.96. The van der Waals surface area contributed by atoms with Gasteiger partial charge in [0.25, 0.3) is 5.91 Å². The monoisotopic (exact) mass is 975 g/mol. The zero-order chi connectivity index (χ0) is 51.1. The third-order valence-corrected chi connectivity index (χ3v) is 15.6. The van der Waals surface area contributed by atoms with Gasteiger partial charge in [-0.2, -0.15) is 0 Å². The first-order valence-electron chi connectivity index (χ1n) is 25.5. The Balaban J connectivity index is 1.15. The van der Waals surface area contributed by atoms with Gasteiger partial charge < -0.3 is 34.3 Å². The average molecular weight is 975 g/mol. The molecule has 6 atom stereocenters. The molecule has 3 N–H and O–H groups in total. The lowest BCUT2D eigenvalue weighted by Crippen LogP contribution is -2.62. The van der Waals surface area contributed by atoms with E-state index < -0.39 is 52.8 Å². The van der Waals surface area contributed by atoms with Crippen molar-refractivity contribution in [2.24, 2.45) is 17.3 Å². The molecule has 71 heavy (non-hydrogen) atoms. The number of rotatable bonds is 10. The Morgan fingerprint density at radius 2 is 1.79 bits per heavy atom. The number of carbonyl (C=O) groups is 5. The summed E-state index contributed by atoms with van der Waals surface area (Å²) in [6.45, 7) is 16.6. The minimum absolute atomic E-state index is 0.00579. The van der Waals surface area contributed by atoms with Gasteiger partial charge in [-0.1, -0.05) is 39.8 Å². The second-order valence-electron chi connectivity index (χ2n) is 21.7. The molecule has 4 aliphatic heterocycles. The molecule has 4 amide bonds. The number of amides is 4. The lowest BCUT2D eigenvalue weighted by atomic mass is 9.84. The van der Waals surface area contributed by atoms with Crippen molar-refractivity contribution >= 4 is 40.5 Å². The van der Waals surface area contributed by atoms with Crippen LogP contribution < -0.4 is 10.7 Å². The molecule has 0 aliphatic carbocycles. The zero-order valence-electron chi connectivity index (χ0n) is 43.3. The Morgan fingerprint density at radius 1 is 1.01 bits per heavy atom. The molecule has 0 unspecified atom stereocenters. The van der Waals surface area contributed by atoms with Crippen molar-refractivity contribution in [2.75, 3.05) is 54.0 Å². The normalized spacial score (nSPS) is 23.9. The van der Waals surface area contributed by atoms with E-state index in [1.54, 1.807) is 37.4 Å². The number of aromatic hydroxyl groups is 1. The number of benzene rings is 2. The van der Waals surface area contributed by atoms with Gasteiger partial charge in [-0.25, -0.2) is 5.43 Å². The Labute approximate surface area is 418 Å². The number of ether oxygens (including phenoxy) is 2. The number of hydrogen-bond donors (Lipinski definition) is 3. The molecule has 3 saturated heterocycles. The standard InChI is InChI=1S/C55H74N8O8/c1-11-62-45-18-17-36-29-41(45)42(48(62)40-15-12-21-56-46(40)34(4)70-10)30-54(5,6)32-71-52(68)43-16-13-23-63(58-43)51(67)44(27-35-25-38(36)28-39(64)26-35)57-49(65)47(33(2)3)60(9)50(66)37-19-24-61(31-37)53(69)55(7)20-14-22-59(55)8/h12,15,17-18,21,25-26,28-29,33-34,37,43-44,47,58,64H,11,13-14,16,19-20,22-24,27,30-32H2,1-10H3,(H,57,65)/t34-,37-,43-,44-,47-,55+/m0/s1. The first-order chi connectivity index (χ1) is 33.7. The Hall–Kier alpha value is -5.84. The maximum absolute atomic E-state index is 14.8. The SMILES string of the molecule is CCn1c(-c2cccnc2[C@H](C)OC)c2c3cc(ccc31)-c1cc(O)cc(c1)C[C@H](NC(=O)[C@H](C(C)C)N(C)C(=O)[C@H]1CCN(C(=O)[C@@]3(C)CCCN3C)C1)C(=O)N1CCC[C@H](N1)C(=O)OCC(C)(C)C2. The average Bonchev–Trinajstić information content (AvgIpc) is 4.06. The molecule has 2 aromatic heterocycles. The number of phenolic OH excluding ortho intramolecular Hbond substituents is 1. The fourth-order valence-electron chi connectivity index (χ4n) is 11.5. The summed E-state index contributed by atoms with van der Waals surface area (Å²) in [5, 5.41) is 16.8. The van der Waals surface area contributed by atoms with E-state index in [2.05, 4.69) is 59.2 Å². The van der Waals surface area contributed by atoms with Crippen LogP contribution in [0.1, 0.15) is 103 Å². The van der Waals surface area contributed by atoms with E-state index in [-0.39, 0.29) is 55.7 Å². The number of fused-ring (bicyclic) bond motifs is 6. The molecule has 6 heterocycles. The van der Waals surface area contributed by atoms with Gasteiger partial charge in [0, 0.05) is 74.8 Å². The van der Waals surface area contributed by atoms with Crippen molar-refractivity contribution in [2.45, 2.75) is 130 Å². The van der Waals surface area contributed by atoms with Crippen LogP contribution in [-0.2, 0) is 52.8 Å². The molecule has 382 valence electrons. The highest BCUT2D eigenvalue weighted by Crippen LogP contribution is 2.42. The summed E-state index contributed by atoms with van der Waals surface area (Å²) in [5.41, 5.74) is 8.98. The topological polar surface area (TPSA) is 179 Å². The van der Waals surface area contributed by atoms with Crippen molar-refractivity contribution < 1.29 is 38.6 Å². The number of nitrogens with zero attached hydrogens (tertiary/aromatic N) is 6. The molecular weight excluding hydrogens is 901 g/mol. The van der Waals surface area contributed by atoms with Crippen LogP contribution in [0.3, 0.4) is 0 Å². The molecule has 6 bridgehead atoms. The zero-order valence-corrected chi connectivity index (χ0v) is 43.3. The quantitative estimate of drug-likeness (QED) is 0.153. The highest BCUT2D eigenvalue weighted by atomic mass is 16.5. The summed E-state index contributed by atoms with van der Waals surface area (Å²) in [4.78, 5) is 81.8. The Morgan fingerprint density at radius 3 is 2.49 bits per heavy atom. The molecule has 0 saturated carbocycles. The Kier molecular flexibility index (Phi) is 15.0. The largest absolute Gasteiger partial charge is 0.508 e. The van der Waals surface area contributed by atoms with Crippen LogP contribution in [0, 0.1) is 17.3 Å². The van der Waals surface area contributed by atoms with Crippen LogP contribution in [0.25, 0.3) is 33.3 Å². The molecular formula is C55H74N8O8. The van der Waals surface area contributed by atoms with Gasteiger partial charge in [0.15, 0.2) is 0 Å². The van der Waals surface area contributed by atoms with Gasteiger partial charge in [0.05, 0.1) is 35.6 Å². The number of carbonyl (C=O) groups excluding carboxylic acids is 5. The molecule has 16 heteroatoms. The van der Waals surface area contributed by atoms with Gasteiger partial charge >= 0.3 is 5.97 Å². The molecule has 8 rings (SSSR count). The number of likely N-dealkylation sites (tertiary alicyclic amines) is 2. The van der Waals surface area contributed by atoms with Crippen LogP contribution in [-0.4, -0.2) is 142 Å².